The predicted octanol–water partition coefficient (Wildman–Crippen LogP) is -0.654. The summed E-state index contributed by atoms with van der Waals surface area (Å²) >= 11 is 0. The first kappa shape index (κ1) is 14.4. The summed E-state index contributed by atoms with van der Waals surface area (Å²) in [4.78, 5) is 43.1. The minimum absolute atomic E-state index is 0.393. The molecule has 0 aromatic carbocycles. The van der Waals surface area contributed by atoms with E-state index in [1.54, 1.807) is 0 Å². The molecule has 1 rings (SSSR count). The van der Waals surface area contributed by atoms with Gasteiger partial charge in [-0.2, -0.15) is 0 Å². The second-order valence-corrected chi connectivity index (χ2v) is 3.70. The number of hydrogen-bond acceptors (Lipinski definition) is 5. The maximum Gasteiger partial charge on any atom is 0.334 e. The molecule has 0 bridgehead atoms. The molecular weight excluding hydrogens is 258 g/mol. The van der Waals surface area contributed by atoms with Gasteiger partial charge in [0.05, 0.1) is 11.5 Å². The molecule has 0 aliphatic rings. The number of rotatable bonds is 5. The molecule has 2 N–H and O–H groups in total. The second kappa shape index (κ2) is 5.76. The number of nitrogens with one attached hydrogen (secondary N) is 1. The van der Waals surface area contributed by atoms with Crippen molar-refractivity contribution in [1.29, 1.82) is 0 Å². The molecule has 19 heavy (non-hydrogen) atoms. The highest BCUT2D eigenvalue weighted by molar-refractivity contribution is 5.81. The van der Waals surface area contributed by atoms with E-state index in [-0.39, 0.29) is 0 Å². The number of aromatic nitrogens is 1. The van der Waals surface area contributed by atoms with Gasteiger partial charge in [-0.25, -0.2) is 4.79 Å². The van der Waals surface area contributed by atoms with Gasteiger partial charge < -0.3 is 15.0 Å². The van der Waals surface area contributed by atoms with Crippen molar-refractivity contribution in [2.45, 2.75) is 19.5 Å². The molecule has 0 spiro atoms. The fraction of sp³-hybridized carbons (Fsp3) is 0.300. The van der Waals surface area contributed by atoms with E-state index in [1.807, 2.05) is 0 Å². The van der Waals surface area contributed by atoms with Crippen LogP contribution in [0.2, 0.25) is 0 Å². The lowest BCUT2D eigenvalue weighted by Crippen LogP contribution is -2.44. The average molecular weight is 269 g/mol. The second-order valence-electron chi connectivity index (χ2n) is 3.70. The topological polar surface area (TPSA) is 132 Å². The van der Waals surface area contributed by atoms with Crippen LogP contribution in [0.3, 0.4) is 0 Å². The number of carbonyl (C=O) groups excluding carboxylic acids is 1. The summed E-state index contributed by atoms with van der Waals surface area (Å²) in [5.41, 5.74) is -1.58. The Bertz CT molecular complexity index is 579. The number of carboxylic acids is 1. The van der Waals surface area contributed by atoms with Gasteiger partial charge >= 0.3 is 17.2 Å². The van der Waals surface area contributed by atoms with Crippen molar-refractivity contribution >= 4 is 17.6 Å². The first-order chi connectivity index (χ1) is 8.82. The molecule has 9 heteroatoms. The van der Waals surface area contributed by atoms with E-state index in [0.29, 0.717) is 0 Å². The number of nitro groups is 1. The molecule has 1 heterocycles. The minimum Gasteiger partial charge on any atom is -0.480 e. The summed E-state index contributed by atoms with van der Waals surface area (Å²) in [5.74, 6) is -1.92. The molecule has 1 unspecified atom stereocenters. The van der Waals surface area contributed by atoms with Crippen molar-refractivity contribution in [1.82, 2.24) is 9.88 Å². The van der Waals surface area contributed by atoms with E-state index >= 15 is 0 Å². The quantitative estimate of drug-likeness (QED) is 0.539. The monoisotopic (exact) mass is 269 g/mol. The fourth-order valence-electron chi connectivity index (χ4n) is 1.43. The Morgan fingerprint density at radius 2 is 2.21 bits per heavy atom. The first-order valence-electron chi connectivity index (χ1n) is 5.16. The van der Waals surface area contributed by atoms with Crippen molar-refractivity contribution in [2.24, 2.45) is 0 Å². The molecule has 0 saturated heterocycles. The Labute approximate surface area is 106 Å². The SMILES string of the molecule is CC(=O)NC(Cn1cccc([N+](=O)[O-])c1=O)C(=O)O. The summed E-state index contributed by atoms with van der Waals surface area (Å²) in [7, 11) is 0. The molecular formula is C10H11N3O6. The Morgan fingerprint density at radius 1 is 1.58 bits per heavy atom. The molecule has 0 aliphatic heterocycles. The molecule has 1 aromatic rings. The van der Waals surface area contributed by atoms with Crippen LogP contribution < -0.4 is 10.9 Å². The van der Waals surface area contributed by atoms with Crippen LogP contribution in [0, 0.1) is 10.1 Å². The van der Waals surface area contributed by atoms with Gasteiger partial charge in [0.1, 0.15) is 6.04 Å². The van der Waals surface area contributed by atoms with Gasteiger partial charge in [-0.15, -0.1) is 0 Å². The molecule has 0 aliphatic carbocycles. The van der Waals surface area contributed by atoms with Crippen molar-refractivity contribution in [2.75, 3.05) is 0 Å². The van der Waals surface area contributed by atoms with Crippen LogP contribution in [-0.4, -0.2) is 32.5 Å². The van der Waals surface area contributed by atoms with Crippen molar-refractivity contribution in [3.05, 3.63) is 38.8 Å². The zero-order chi connectivity index (χ0) is 14.6. The van der Waals surface area contributed by atoms with Crippen LogP contribution in [0.5, 0.6) is 0 Å². The zero-order valence-corrected chi connectivity index (χ0v) is 9.90. The van der Waals surface area contributed by atoms with E-state index in [1.165, 1.54) is 12.3 Å². The normalized spacial score (nSPS) is 11.6. The maximum atomic E-state index is 11.7. The number of carbonyl (C=O) groups is 2. The summed E-state index contributed by atoms with van der Waals surface area (Å²) in [5, 5.41) is 21.6. The zero-order valence-electron chi connectivity index (χ0n) is 9.90. The van der Waals surface area contributed by atoms with Crippen LogP contribution >= 0.6 is 0 Å². The minimum atomic E-state index is -1.34. The molecule has 0 radical (unpaired) electrons. The van der Waals surface area contributed by atoms with E-state index in [2.05, 4.69) is 5.32 Å². The highest BCUT2D eigenvalue weighted by Gasteiger charge is 2.21. The van der Waals surface area contributed by atoms with Crippen LogP contribution in [-0.2, 0) is 16.1 Å². The summed E-state index contributed by atoms with van der Waals surface area (Å²) < 4.78 is 0.868. The van der Waals surface area contributed by atoms with Crippen LogP contribution in [0.15, 0.2) is 23.1 Å². The smallest absolute Gasteiger partial charge is 0.334 e. The number of amides is 1. The maximum absolute atomic E-state index is 11.7. The van der Waals surface area contributed by atoms with Crippen molar-refractivity contribution < 1.29 is 19.6 Å². The highest BCUT2D eigenvalue weighted by atomic mass is 16.6. The Balaban J connectivity index is 3.07. The Kier molecular flexibility index (Phi) is 4.35. The fourth-order valence-corrected chi connectivity index (χ4v) is 1.43. The lowest BCUT2D eigenvalue weighted by molar-refractivity contribution is -0.386. The third-order valence-electron chi connectivity index (χ3n) is 2.25. The van der Waals surface area contributed by atoms with E-state index in [0.717, 1.165) is 17.6 Å². The predicted molar refractivity (Wildman–Crippen MR) is 62.6 cm³/mol. The van der Waals surface area contributed by atoms with Crippen LogP contribution in [0.25, 0.3) is 0 Å². The third kappa shape index (κ3) is 3.63. The number of nitrogens with zero attached hydrogens (tertiary/aromatic N) is 2. The number of aliphatic carboxylic acids is 1. The van der Waals surface area contributed by atoms with Gasteiger partial charge in [0, 0.05) is 19.2 Å². The Morgan fingerprint density at radius 3 is 2.68 bits per heavy atom. The number of hydrogen-bond donors (Lipinski definition) is 2. The van der Waals surface area contributed by atoms with Crippen molar-refractivity contribution in [3.8, 4) is 0 Å². The molecule has 0 saturated carbocycles. The van der Waals surface area contributed by atoms with Gasteiger partial charge in [0.15, 0.2) is 0 Å². The molecule has 1 atom stereocenters. The van der Waals surface area contributed by atoms with E-state index < -0.39 is 40.6 Å². The first-order valence-corrected chi connectivity index (χ1v) is 5.16. The van der Waals surface area contributed by atoms with Gasteiger partial charge in [-0.1, -0.05) is 0 Å². The molecule has 1 aromatic heterocycles. The summed E-state index contributed by atoms with van der Waals surface area (Å²) in [6, 6.07) is 0.941. The highest BCUT2D eigenvalue weighted by Crippen LogP contribution is 2.02. The summed E-state index contributed by atoms with van der Waals surface area (Å²) in [6.07, 6.45) is 1.22. The number of pyridine rings is 1. The van der Waals surface area contributed by atoms with Gasteiger partial charge in [0.2, 0.25) is 5.91 Å². The average Bonchev–Trinajstić information content (AvgIpc) is 2.29. The number of carboxylic acid groups (broad SMARTS) is 1. The van der Waals surface area contributed by atoms with Gasteiger partial charge in [-0.3, -0.25) is 19.7 Å². The van der Waals surface area contributed by atoms with Crippen molar-refractivity contribution in [3.63, 3.8) is 0 Å². The van der Waals surface area contributed by atoms with Crippen LogP contribution in [0.1, 0.15) is 6.92 Å². The lowest BCUT2D eigenvalue weighted by Gasteiger charge is -2.14. The standard InChI is InChI=1S/C10H11N3O6/c1-6(14)11-7(10(16)17)5-12-4-2-3-8(9(12)15)13(18)19/h2-4,7H,5H2,1H3,(H,11,14)(H,16,17). The van der Waals surface area contributed by atoms with Gasteiger partial charge in [-0.05, 0) is 6.07 Å². The lowest BCUT2D eigenvalue weighted by atomic mass is 10.2. The summed E-state index contributed by atoms with van der Waals surface area (Å²) in [6.45, 7) is 0.738. The molecule has 9 nitrogen and oxygen atoms in total. The molecule has 1 amide bonds. The molecule has 0 fully saturated rings. The van der Waals surface area contributed by atoms with Gasteiger partial charge in [0.25, 0.3) is 0 Å². The van der Waals surface area contributed by atoms with E-state index in [4.69, 9.17) is 5.11 Å². The Hall–Kier alpha value is -2.71. The van der Waals surface area contributed by atoms with E-state index in [9.17, 15) is 24.5 Å². The third-order valence-corrected chi connectivity index (χ3v) is 2.25. The molecule has 102 valence electrons. The van der Waals surface area contributed by atoms with Crippen LogP contribution in [0.4, 0.5) is 5.69 Å². The largest absolute Gasteiger partial charge is 0.480 e.